The van der Waals surface area contributed by atoms with E-state index >= 15 is 0 Å². The Morgan fingerprint density at radius 1 is 1.35 bits per heavy atom. The van der Waals surface area contributed by atoms with Crippen LogP contribution in [0.3, 0.4) is 0 Å². The second-order valence-electron chi connectivity index (χ2n) is 4.81. The molecule has 1 aliphatic rings. The molecule has 0 spiro atoms. The summed E-state index contributed by atoms with van der Waals surface area (Å²) in [6, 6.07) is 4.92. The Balaban J connectivity index is 1.83. The summed E-state index contributed by atoms with van der Waals surface area (Å²) in [4.78, 5) is 0. The molecule has 1 saturated carbocycles. The van der Waals surface area contributed by atoms with Gasteiger partial charge in [-0.2, -0.15) is 0 Å². The van der Waals surface area contributed by atoms with Crippen LogP contribution in [-0.2, 0) is 11.3 Å². The van der Waals surface area contributed by atoms with Crippen LogP contribution in [0.1, 0.15) is 31.2 Å². The molecule has 2 nitrogen and oxygen atoms in total. The van der Waals surface area contributed by atoms with Crippen molar-refractivity contribution in [3.05, 3.63) is 34.1 Å². The van der Waals surface area contributed by atoms with E-state index in [1.54, 1.807) is 12.1 Å². The molecule has 4 heteroatoms. The van der Waals surface area contributed by atoms with Crippen LogP contribution in [0.2, 0.25) is 0 Å². The minimum absolute atomic E-state index is 0.142. The molecule has 0 radical (unpaired) electrons. The molecule has 0 aliphatic heterocycles. The normalized spacial score (nSPS) is 18.5. The first kappa shape index (κ1) is 13.0. The maximum Gasteiger partial charge on any atom is 0.137 e. The van der Waals surface area contributed by atoms with Crippen LogP contribution in [-0.4, -0.2) is 12.1 Å². The van der Waals surface area contributed by atoms with E-state index in [9.17, 15) is 4.39 Å². The molecular formula is C13H17BrFNO. The minimum Gasteiger partial charge on any atom is -0.375 e. The number of benzene rings is 1. The summed E-state index contributed by atoms with van der Waals surface area (Å²) in [6.07, 6.45) is 4.48. The Morgan fingerprint density at radius 2 is 2.06 bits per heavy atom. The van der Waals surface area contributed by atoms with Crippen LogP contribution in [0.25, 0.3) is 0 Å². The summed E-state index contributed by atoms with van der Waals surface area (Å²) in [5, 5.41) is 0. The number of rotatable bonds is 4. The van der Waals surface area contributed by atoms with Crippen molar-refractivity contribution < 1.29 is 9.13 Å². The Morgan fingerprint density at radius 3 is 2.71 bits per heavy atom. The van der Waals surface area contributed by atoms with Crippen molar-refractivity contribution in [1.82, 2.24) is 0 Å². The number of halogens is 2. The zero-order valence-electron chi connectivity index (χ0n) is 9.72. The number of hydrogen-bond acceptors (Lipinski definition) is 2. The smallest absolute Gasteiger partial charge is 0.137 e. The Hall–Kier alpha value is -0.450. The van der Waals surface area contributed by atoms with Crippen LogP contribution in [0, 0.1) is 5.82 Å². The molecular weight excluding hydrogens is 285 g/mol. The maximum absolute atomic E-state index is 13.0. The summed E-state index contributed by atoms with van der Waals surface area (Å²) >= 11 is 3.16. The summed E-state index contributed by atoms with van der Waals surface area (Å²) < 4.78 is 19.1. The molecule has 2 N–H and O–H groups in total. The van der Waals surface area contributed by atoms with Gasteiger partial charge in [-0.25, -0.2) is 4.39 Å². The van der Waals surface area contributed by atoms with Crippen LogP contribution < -0.4 is 5.73 Å². The third-order valence-corrected chi connectivity index (χ3v) is 3.85. The van der Waals surface area contributed by atoms with Gasteiger partial charge in [-0.05, 0) is 46.5 Å². The Labute approximate surface area is 109 Å². The highest BCUT2D eigenvalue weighted by molar-refractivity contribution is 9.10. The number of ether oxygens (including phenoxy) is 1. The highest BCUT2D eigenvalue weighted by Crippen LogP contribution is 2.27. The van der Waals surface area contributed by atoms with Gasteiger partial charge in [-0.15, -0.1) is 0 Å². The van der Waals surface area contributed by atoms with E-state index in [1.807, 2.05) is 0 Å². The van der Waals surface area contributed by atoms with Crippen molar-refractivity contribution >= 4 is 15.9 Å². The molecule has 0 atom stereocenters. The summed E-state index contributed by atoms with van der Waals surface area (Å²) in [6.45, 7) is 1.07. The third kappa shape index (κ3) is 3.50. The minimum atomic E-state index is -0.250. The molecule has 1 aliphatic carbocycles. The van der Waals surface area contributed by atoms with E-state index < -0.39 is 0 Å². The highest BCUT2D eigenvalue weighted by Gasteiger charge is 2.29. The Kier molecular flexibility index (Phi) is 4.17. The fraction of sp³-hybridized carbons (Fsp3) is 0.538. The van der Waals surface area contributed by atoms with Crippen LogP contribution >= 0.6 is 15.9 Å². The maximum atomic E-state index is 13.0. The van der Waals surface area contributed by atoms with Crippen LogP contribution in [0.5, 0.6) is 0 Å². The van der Waals surface area contributed by atoms with E-state index in [4.69, 9.17) is 10.5 Å². The average molecular weight is 302 g/mol. The number of hydrogen-bond donors (Lipinski definition) is 1. The van der Waals surface area contributed by atoms with Gasteiger partial charge < -0.3 is 10.5 Å². The molecule has 0 bridgehead atoms. The molecule has 17 heavy (non-hydrogen) atoms. The standard InChI is InChI=1S/C13H17BrFNO/c14-11-7-10(3-4-12(11)15)8-17-9-13(16)5-1-2-6-13/h3-4,7H,1-2,5-6,8-9,16H2. The second kappa shape index (κ2) is 5.46. The lowest BCUT2D eigenvalue weighted by Gasteiger charge is -2.23. The molecule has 0 unspecified atom stereocenters. The molecule has 0 amide bonds. The van der Waals surface area contributed by atoms with E-state index in [-0.39, 0.29) is 11.4 Å². The van der Waals surface area contributed by atoms with Crippen molar-refractivity contribution in [2.75, 3.05) is 6.61 Å². The van der Waals surface area contributed by atoms with Gasteiger partial charge in [0, 0.05) is 5.54 Å². The molecule has 0 saturated heterocycles. The lowest BCUT2D eigenvalue weighted by Crippen LogP contribution is -2.41. The SMILES string of the molecule is NC1(COCc2ccc(F)c(Br)c2)CCCC1. The van der Waals surface area contributed by atoms with Gasteiger partial charge in [0.05, 0.1) is 17.7 Å². The summed E-state index contributed by atoms with van der Waals surface area (Å²) in [5.74, 6) is -0.250. The Bertz CT molecular complexity index is 391. The molecule has 0 aromatic heterocycles. The predicted molar refractivity (Wildman–Crippen MR) is 69.1 cm³/mol. The van der Waals surface area contributed by atoms with E-state index in [0.717, 1.165) is 18.4 Å². The van der Waals surface area contributed by atoms with E-state index in [2.05, 4.69) is 15.9 Å². The highest BCUT2D eigenvalue weighted by atomic mass is 79.9. The quantitative estimate of drug-likeness (QED) is 0.925. The number of nitrogens with two attached hydrogens (primary N) is 1. The van der Waals surface area contributed by atoms with Gasteiger partial charge in [0.15, 0.2) is 0 Å². The molecule has 1 aromatic rings. The summed E-state index contributed by atoms with van der Waals surface area (Å²) in [5.41, 5.74) is 7.00. The molecule has 94 valence electrons. The fourth-order valence-electron chi connectivity index (χ4n) is 2.23. The van der Waals surface area contributed by atoms with Gasteiger partial charge in [0.1, 0.15) is 5.82 Å². The zero-order valence-corrected chi connectivity index (χ0v) is 11.3. The van der Waals surface area contributed by atoms with Gasteiger partial charge in [0.25, 0.3) is 0 Å². The van der Waals surface area contributed by atoms with Crippen LogP contribution in [0.15, 0.2) is 22.7 Å². The molecule has 1 aromatic carbocycles. The van der Waals surface area contributed by atoms with Crippen molar-refractivity contribution in [2.45, 2.75) is 37.8 Å². The third-order valence-electron chi connectivity index (χ3n) is 3.24. The molecule has 2 rings (SSSR count). The predicted octanol–water partition coefficient (Wildman–Crippen LogP) is 3.38. The molecule has 1 fully saturated rings. The van der Waals surface area contributed by atoms with Crippen molar-refractivity contribution in [2.24, 2.45) is 5.73 Å². The lowest BCUT2D eigenvalue weighted by molar-refractivity contribution is 0.0750. The first-order valence-corrected chi connectivity index (χ1v) is 6.69. The second-order valence-corrected chi connectivity index (χ2v) is 5.67. The largest absolute Gasteiger partial charge is 0.375 e. The zero-order chi connectivity index (χ0) is 12.3. The van der Waals surface area contributed by atoms with Crippen molar-refractivity contribution in [3.63, 3.8) is 0 Å². The first-order chi connectivity index (χ1) is 8.09. The van der Waals surface area contributed by atoms with Gasteiger partial charge in [-0.3, -0.25) is 0 Å². The van der Waals surface area contributed by atoms with Gasteiger partial charge in [-0.1, -0.05) is 18.9 Å². The average Bonchev–Trinajstić information content (AvgIpc) is 2.71. The lowest BCUT2D eigenvalue weighted by atomic mass is 10.0. The monoisotopic (exact) mass is 301 g/mol. The van der Waals surface area contributed by atoms with Gasteiger partial charge >= 0.3 is 0 Å². The fourth-order valence-corrected chi connectivity index (χ4v) is 2.65. The van der Waals surface area contributed by atoms with E-state index in [1.165, 1.54) is 18.9 Å². The first-order valence-electron chi connectivity index (χ1n) is 5.90. The summed E-state index contributed by atoms with van der Waals surface area (Å²) in [7, 11) is 0. The molecule has 0 heterocycles. The van der Waals surface area contributed by atoms with Gasteiger partial charge in [0.2, 0.25) is 0 Å². The van der Waals surface area contributed by atoms with Crippen molar-refractivity contribution in [3.8, 4) is 0 Å². The van der Waals surface area contributed by atoms with Crippen LogP contribution in [0.4, 0.5) is 4.39 Å². The topological polar surface area (TPSA) is 35.2 Å². The van der Waals surface area contributed by atoms with Crippen molar-refractivity contribution in [1.29, 1.82) is 0 Å². The van der Waals surface area contributed by atoms with E-state index in [0.29, 0.717) is 17.7 Å².